The van der Waals surface area contributed by atoms with Gasteiger partial charge < -0.3 is 25.3 Å². The van der Waals surface area contributed by atoms with Crippen molar-refractivity contribution in [2.45, 2.75) is 38.3 Å². The fourth-order valence-electron chi connectivity index (χ4n) is 4.62. The summed E-state index contributed by atoms with van der Waals surface area (Å²) in [7, 11) is 1.88. The number of carbonyl (C=O) groups is 3. The Bertz CT molecular complexity index is 1170. The van der Waals surface area contributed by atoms with E-state index in [1.165, 1.54) is 0 Å². The van der Waals surface area contributed by atoms with Gasteiger partial charge in [-0.05, 0) is 30.5 Å². The zero-order valence-electron chi connectivity index (χ0n) is 20.0. The summed E-state index contributed by atoms with van der Waals surface area (Å²) in [4.78, 5) is 37.8. The quantitative estimate of drug-likeness (QED) is 0.433. The minimum atomic E-state index is -0.527. The first-order valence-corrected chi connectivity index (χ1v) is 12.1. The van der Waals surface area contributed by atoms with Crippen LogP contribution in [0.15, 0.2) is 60.7 Å². The topological polar surface area (TPSA) is 101 Å². The number of amides is 3. The van der Waals surface area contributed by atoms with Crippen LogP contribution in [-0.4, -0.2) is 41.6 Å². The van der Waals surface area contributed by atoms with Gasteiger partial charge in [-0.2, -0.15) is 0 Å². The second-order valence-electron chi connectivity index (χ2n) is 8.90. The molecule has 8 nitrogen and oxygen atoms in total. The lowest BCUT2D eigenvalue weighted by Gasteiger charge is -2.31. The number of aromatic nitrogens is 1. The van der Waals surface area contributed by atoms with Crippen LogP contribution in [0, 0.1) is 5.92 Å². The smallest absolute Gasteiger partial charge is 0.407 e. The second-order valence-corrected chi connectivity index (χ2v) is 8.90. The molecule has 3 aromatic rings. The molecule has 1 aromatic heterocycles. The molecule has 8 heteroatoms. The van der Waals surface area contributed by atoms with Gasteiger partial charge in [0, 0.05) is 37.1 Å². The van der Waals surface area contributed by atoms with Gasteiger partial charge in [-0.1, -0.05) is 61.4 Å². The Morgan fingerprint density at radius 3 is 2.46 bits per heavy atom. The minimum absolute atomic E-state index is 0.105. The van der Waals surface area contributed by atoms with Gasteiger partial charge in [-0.25, -0.2) is 4.79 Å². The average Bonchev–Trinajstić information content (AvgIpc) is 3.23. The molecule has 2 atom stereocenters. The number of nitrogens with one attached hydrogen (secondary N) is 3. The van der Waals surface area contributed by atoms with Crippen molar-refractivity contribution in [1.29, 1.82) is 0 Å². The van der Waals surface area contributed by atoms with Crippen LogP contribution in [0.4, 0.5) is 4.79 Å². The number of aryl methyl sites for hydroxylation is 1. The van der Waals surface area contributed by atoms with Crippen LogP contribution in [0.3, 0.4) is 0 Å². The number of hydrogen-bond donors (Lipinski definition) is 3. The van der Waals surface area contributed by atoms with E-state index >= 15 is 0 Å². The van der Waals surface area contributed by atoms with Gasteiger partial charge in [0.05, 0.1) is 5.92 Å². The Labute approximate surface area is 205 Å². The summed E-state index contributed by atoms with van der Waals surface area (Å²) in [5.74, 6) is -0.574. The van der Waals surface area contributed by atoms with E-state index in [0.29, 0.717) is 12.2 Å². The first-order valence-electron chi connectivity index (χ1n) is 12.1. The summed E-state index contributed by atoms with van der Waals surface area (Å²) < 4.78 is 7.05. The molecule has 2 aromatic carbocycles. The number of alkyl carbamates (subject to hydrolysis) is 1. The summed E-state index contributed by atoms with van der Waals surface area (Å²) in [5, 5.41) is 9.64. The maximum atomic E-state index is 13.0. The van der Waals surface area contributed by atoms with E-state index < -0.39 is 6.09 Å². The van der Waals surface area contributed by atoms with E-state index in [-0.39, 0.29) is 36.9 Å². The van der Waals surface area contributed by atoms with E-state index in [1.807, 2.05) is 72.3 Å². The van der Waals surface area contributed by atoms with Crippen LogP contribution in [0.5, 0.6) is 0 Å². The Balaban J connectivity index is 1.24. The van der Waals surface area contributed by atoms with Gasteiger partial charge in [0.25, 0.3) is 5.91 Å². The molecule has 3 N–H and O–H groups in total. The molecule has 1 aliphatic rings. The number of fused-ring (bicyclic) bond motifs is 1. The number of nitrogens with zero attached hydrogens (tertiary/aromatic N) is 1. The number of ether oxygens (including phenoxy) is 1. The SMILES string of the molecule is Cn1c(C(=O)N[C@H]2CCCC[C@H]2C(=O)NCCNC(=O)OCc2ccccc2)cc2ccccc21. The minimum Gasteiger partial charge on any atom is -0.445 e. The van der Waals surface area contributed by atoms with Gasteiger partial charge in [0.15, 0.2) is 0 Å². The molecule has 35 heavy (non-hydrogen) atoms. The fraction of sp³-hybridized carbons (Fsp3) is 0.370. The third-order valence-corrected chi connectivity index (χ3v) is 6.51. The molecule has 4 rings (SSSR count). The number of benzene rings is 2. The number of para-hydroxylation sites is 1. The third kappa shape index (κ3) is 6.20. The predicted octanol–water partition coefficient (Wildman–Crippen LogP) is 3.51. The van der Waals surface area contributed by atoms with Crippen LogP contribution in [0.2, 0.25) is 0 Å². The predicted molar refractivity (Wildman–Crippen MR) is 134 cm³/mol. The summed E-state index contributed by atoms with van der Waals surface area (Å²) >= 11 is 0. The number of carbonyl (C=O) groups excluding carboxylic acids is 3. The number of rotatable bonds is 8. The molecule has 0 bridgehead atoms. The van der Waals surface area contributed by atoms with Crippen molar-refractivity contribution in [3.8, 4) is 0 Å². The van der Waals surface area contributed by atoms with Gasteiger partial charge in [0.1, 0.15) is 12.3 Å². The molecule has 0 spiro atoms. The van der Waals surface area contributed by atoms with Crippen LogP contribution in [-0.2, 0) is 23.2 Å². The highest BCUT2D eigenvalue weighted by Gasteiger charge is 2.32. The van der Waals surface area contributed by atoms with E-state index in [1.54, 1.807) is 0 Å². The van der Waals surface area contributed by atoms with Crippen LogP contribution in [0.1, 0.15) is 41.7 Å². The van der Waals surface area contributed by atoms with E-state index in [9.17, 15) is 14.4 Å². The monoisotopic (exact) mass is 476 g/mol. The zero-order valence-corrected chi connectivity index (χ0v) is 20.0. The molecule has 0 radical (unpaired) electrons. The Kier molecular flexibility index (Phi) is 8.03. The third-order valence-electron chi connectivity index (χ3n) is 6.51. The molecule has 184 valence electrons. The van der Waals surface area contributed by atoms with Crippen molar-refractivity contribution in [2.24, 2.45) is 13.0 Å². The van der Waals surface area contributed by atoms with Gasteiger partial charge in [-0.15, -0.1) is 0 Å². The Morgan fingerprint density at radius 1 is 0.943 bits per heavy atom. The molecule has 1 aliphatic carbocycles. The van der Waals surface area contributed by atoms with E-state index in [0.717, 1.165) is 42.1 Å². The van der Waals surface area contributed by atoms with Crippen LogP contribution in [0.25, 0.3) is 10.9 Å². The molecule has 1 heterocycles. The maximum Gasteiger partial charge on any atom is 0.407 e. The first kappa shape index (κ1) is 24.3. The Morgan fingerprint density at radius 2 is 1.66 bits per heavy atom. The zero-order chi connectivity index (χ0) is 24.6. The van der Waals surface area contributed by atoms with Crippen molar-refractivity contribution in [3.63, 3.8) is 0 Å². The molecule has 1 fully saturated rings. The lowest BCUT2D eigenvalue weighted by atomic mass is 9.83. The lowest BCUT2D eigenvalue weighted by Crippen LogP contribution is -2.49. The molecule has 0 aliphatic heterocycles. The largest absolute Gasteiger partial charge is 0.445 e. The van der Waals surface area contributed by atoms with Gasteiger partial charge in [0.2, 0.25) is 5.91 Å². The highest BCUT2D eigenvalue weighted by molar-refractivity contribution is 5.99. The molecular weight excluding hydrogens is 444 g/mol. The average molecular weight is 477 g/mol. The maximum absolute atomic E-state index is 13.0. The normalized spacial score (nSPS) is 17.5. The first-order chi connectivity index (χ1) is 17.0. The molecule has 0 saturated heterocycles. The van der Waals surface area contributed by atoms with Crippen molar-refractivity contribution in [3.05, 3.63) is 71.9 Å². The summed E-state index contributed by atoms with van der Waals surface area (Å²) in [6, 6.07) is 18.9. The highest BCUT2D eigenvalue weighted by Crippen LogP contribution is 2.26. The van der Waals surface area contributed by atoms with Crippen LogP contribution < -0.4 is 16.0 Å². The lowest BCUT2D eigenvalue weighted by molar-refractivity contribution is -0.126. The van der Waals surface area contributed by atoms with Crippen molar-refractivity contribution >= 4 is 28.8 Å². The molecule has 3 amide bonds. The Hall–Kier alpha value is -3.81. The summed E-state index contributed by atoms with van der Waals surface area (Å²) in [6.45, 7) is 0.748. The molecule has 0 unspecified atom stereocenters. The van der Waals surface area contributed by atoms with Crippen molar-refractivity contribution in [1.82, 2.24) is 20.5 Å². The van der Waals surface area contributed by atoms with Crippen molar-refractivity contribution in [2.75, 3.05) is 13.1 Å². The fourth-order valence-corrected chi connectivity index (χ4v) is 4.62. The number of hydrogen-bond acceptors (Lipinski definition) is 4. The summed E-state index contributed by atoms with van der Waals surface area (Å²) in [5.41, 5.74) is 2.48. The second kappa shape index (κ2) is 11.6. The molecule has 1 saturated carbocycles. The van der Waals surface area contributed by atoms with E-state index in [4.69, 9.17) is 4.74 Å². The van der Waals surface area contributed by atoms with Gasteiger partial charge in [-0.3, -0.25) is 9.59 Å². The summed E-state index contributed by atoms with van der Waals surface area (Å²) in [6.07, 6.45) is 2.87. The van der Waals surface area contributed by atoms with Gasteiger partial charge >= 0.3 is 6.09 Å². The standard InChI is InChI=1S/C27H32N4O4/c1-31-23-14-8-5-11-20(23)17-24(31)26(33)30-22-13-7-6-12-21(22)25(32)28-15-16-29-27(34)35-18-19-9-3-2-4-10-19/h2-5,8-11,14,17,21-22H,6-7,12-13,15-16,18H2,1H3,(H,28,32)(H,29,34)(H,30,33)/t21-,22+/m1/s1. The van der Waals surface area contributed by atoms with Crippen LogP contribution >= 0.6 is 0 Å². The van der Waals surface area contributed by atoms with Crippen molar-refractivity contribution < 1.29 is 19.1 Å². The highest BCUT2D eigenvalue weighted by atomic mass is 16.5. The van der Waals surface area contributed by atoms with E-state index in [2.05, 4.69) is 16.0 Å². The molecular formula is C27H32N4O4.